The topological polar surface area (TPSA) is 154 Å². The molecule has 3 rings (SSSR count). The van der Waals surface area contributed by atoms with Crippen molar-refractivity contribution in [2.45, 2.75) is 52.2 Å². The van der Waals surface area contributed by atoms with Crippen molar-refractivity contribution in [2.24, 2.45) is 16.5 Å². The standard InChI is InChI=1S/C27H35ClN6O4/c1-16-19-9-7-17(28)14-23(19)33-21-10-8-18(15-20(16)21)37-13-12-31-24(35)22(6-5-11-32-25(29)30)34-26(36)38-27(2,3)4/h7-10,14-15,22H,5-6,11-13H2,1-4H3,(H,31,35)(H,34,36)(H4,29,30,32). The second-order valence-corrected chi connectivity index (χ2v) is 10.3. The molecule has 3 aromatic rings. The smallest absolute Gasteiger partial charge is 0.408 e. The molecular formula is C27H35ClN6O4. The number of alkyl carbamates (subject to hydrolysis) is 1. The highest BCUT2D eigenvalue weighted by Crippen LogP contribution is 2.29. The summed E-state index contributed by atoms with van der Waals surface area (Å²) < 4.78 is 11.2. The number of nitrogens with one attached hydrogen (secondary N) is 2. The first-order valence-electron chi connectivity index (χ1n) is 12.4. The van der Waals surface area contributed by atoms with Crippen LogP contribution in [0.15, 0.2) is 41.4 Å². The van der Waals surface area contributed by atoms with E-state index in [1.807, 2.05) is 43.3 Å². The number of nitrogens with two attached hydrogens (primary N) is 2. The molecule has 1 atom stereocenters. The molecule has 0 saturated heterocycles. The number of ether oxygens (including phenoxy) is 2. The Morgan fingerprint density at radius 1 is 1.11 bits per heavy atom. The highest BCUT2D eigenvalue weighted by molar-refractivity contribution is 6.31. The highest BCUT2D eigenvalue weighted by Gasteiger charge is 2.24. The predicted molar refractivity (Wildman–Crippen MR) is 151 cm³/mol. The molecule has 2 amide bonds. The lowest BCUT2D eigenvalue weighted by Gasteiger charge is -2.23. The summed E-state index contributed by atoms with van der Waals surface area (Å²) in [6.07, 6.45) is 0.151. The summed E-state index contributed by atoms with van der Waals surface area (Å²) in [5.41, 5.74) is 12.8. The third-order valence-electron chi connectivity index (χ3n) is 5.60. The van der Waals surface area contributed by atoms with Crippen LogP contribution in [-0.2, 0) is 9.53 Å². The SMILES string of the molecule is Cc1c2ccc(Cl)cc2nc2ccc(OCCNC(=O)C(CCCN=C(N)N)NC(=O)OC(C)(C)C)cc12. The second-order valence-electron chi connectivity index (χ2n) is 9.86. The molecule has 0 fully saturated rings. The Morgan fingerprint density at radius 3 is 2.58 bits per heavy atom. The number of rotatable bonds is 10. The van der Waals surface area contributed by atoms with Crippen LogP contribution in [0, 0.1) is 6.92 Å². The minimum absolute atomic E-state index is 0.0273. The average Bonchev–Trinajstić information content (AvgIpc) is 2.82. The lowest BCUT2D eigenvalue weighted by atomic mass is 10.0. The number of carbonyl (C=O) groups excluding carboxylic acids is 2. The van der Waals surface area contributed by atoms with Crippen LogP contribution in [0.4, 0.5) is 4.79 Å². The van der Waals surface area contributed by atoms with Gasteiger partial charge in [0.25, 0.3) is 0 Å². The van der Waals surface area contributed by atoms with Gasteiger partial charge < -0.3 is 31.6 Å². The van der Waals surface area contributed by atoms with Crippen molar-refractivity contribution in [3.8, 4) is 5.75 Å². The molecule has 1 heterocycles. The molecule has 2 aromatic carbocycles. The number of nitrogens with zero attached hydrogens (tertiary/aromatic N) is 2. The number of hydrogen-bond donors (Lipinski definition) is 4. The number of aliphatic imine (C=N–C) groups is 1. The molecule has 10 nitrogen and oxygen atoms in total. The number of guanidine groups is 1. The molecule has 204 valence electrons. The van der Waals surface area contributed by atoms with Gasteiger partial charge in [0.05, 0.1) is 17.6 Å². The minimum atomic E-state index is -0.810. The number of amides is 2. The van der Waals surface area contributed by atoms with Gasteiger partial charge in [-0.3, -0.25) is 9.79 Å². The van der Waals surface area contributed by atoms with Crippen molar-refractivity contribution in [1.29, 1.82) is 0 Å². The van der Waals surface area contributed by atoms with Gasteiger partial charge in [0.2, 0.25) is 5.91 Å². The molecule has 11 heteroatoms. The largest absolute Gasteiger partial charge is 0.492 e. The summed E-state index contributed by atoms with van der Waals surface area (Å²) in [6.45, 7) is 8.10. The lowest BCUT2D eigenvalue weighted by molar-refractivity contribution is -0.123. The van der Waals surface area contributed by atoms with Crippen LogP contribution in [0.3, 0.4) is 0 Å². The molecule has 0 saturated carbocycles. The van der Waals surface area contributed by atoms with Gasteiger partial charge in [0.15, 0.2) is 5.96 Å². The molecule has 0 aliphatic heterocycles. The Morgan fingerprint density at radius 2 is 1.87 bits per heavy atom. The van der Waals surface area contributed by atoms with E-state index in [0.717, 1.165) is 27.4 Å². The van der Waals surface area contributed by atoms with E-state index in [9.17, 15) is 9.59 Å². The fourth-order valence-electron chi connectivity index (χ4n) is 3.88. The summed E-state index contributed by atoms with van der Waals surface area (Å²) >= 11 is 6.12. The molecule has 1 aromatic heterocycles. The summed E-state index contributed by atoms with van der Waals surface area (Å²) in [7, 11) is 0. The van der Waals surface area contributed by atoms with Gasteiger partial charge in [-0.05, 0) is 76.4 Å². The van der Waals surface area contributed by atoms with Crippen LogP contribution < -0.4 is 26.8 Å². The summed E-state index contributed by atoms with van der Waals surface area (Å²) in [4.78, 5) is 33.7. The Labute approximate surface area is 227 Å². The number of aromatic nitrogens is 1. The average molecular weight is 543 g/mol. The van der Waals surface area contributed by atoms with Gasteiger partial charge >= 0.3 is 6.09 Å². The maximum atomic E-state index is 12.8. The van der Waals surface area contributed by atoms with Gasteiger partial charge in [-0.25, -0.2) is 9.78 Å². The molecule has 0 radical (unpaired) electrons. The van der Waals surface area contributed by atoms with E-state index in [1.54, 1.807) is 20.8 Å². The lowest BCUT2D eigenvalue weighted by Crippen LogP contribution is -2.49. The molecule has 38 heavy (non-hydrogen) atoms. The molecule has 0 aliphatic carbocycles. The first kappa shape index (κ1) is 28.8. The minimum Gasteiger partial charge on any atom is -0.492 e. The van der Waals surface area contributed by atoms with E-state index in [4.69, 9.17) is 37.5 Å². The van der Waals surface area contributed by atoms with Crippen molar-refractivity contribution in [3.63, 3.8) is 0 Å². The van der Waals surface area contributed by atoms with E-state index in [2.05, 4.69) is 15.6 Å². The Balaban J connectivity index is 1.59. The van der Waals surface area contributed by atoms with E-state index in [0.29, 0.717) is 30.2 Å². The molecule has 1 unspecified atom stereocenters. The van der Waals surface area contributed by atoms with E-state index >= 15 is 0 Å². The van der Waals surface area contributed by atoms with Crippen molar-refractivity contribution >= 4 is 51.4 Å². The number of aryl methyl sites for hydroxylation is 1. The maximum Gasteiger partial charge on any atom is 0.408 e. The summed E-state index contributed by atoms with van der Waals surface area (Å²) in [5, 5.41) is 8.07. The van der Waals surface area contributed by atoms with Gasteiger partial charge in [0.1, 0.15) is 24.0 Å². The van der Waals surface area contributed by atoms with Gasteiger partial charge in [0, 0.05) is 22.3 Å². The number of benzene rings is 2. The number of fused-ring (bicyclic) bond motifs is 2. The van der Waals surface area contributed by atoms with E-state index in [-0.39, 0.29) is 25.0 Å². The first-order valence-corrected chi connectivity index (χ1v) is 12.8. The van der Waals surface area contributed by atoms with Gasteiger partial charge in [-0.2, -0.15) is 0 Å². The summed E-state index contributed by atoms with van der Waals surface area (Å²) in [6, 6.07) is 10.5. The Bertz CT molecular complexity index is 1330. The molecule has 0 bridgehead atoms. The summed E-state index contributed by atoms with van der Waals surface area (Å²) in [5.74, 6) is 0.277. The third kappa shape index (κ3) is 8.37. The molecular weight excluding hydrogens is 508 g/mol. The number of carbonyl (C=O) groups is 2. The zero-order chi connectivity index (χ0) is 27.9. The van der Waals surface area contributed by atoms with Crippen molar-refractivity contribution in [3.05, 3.63) is 47.0 Å². The molecule has 0 spiro atoms. The monoisotopic (exact) mass is 542 g/mol. The molecule has 6 N–H and O–H groups in total. The zero-order valence-electron chi connectivity index (χ0n) is 22.1. The fraction of sp³-hybridized carbons (Fsp3) is 0.407. The van der Waals surface area contributed by atoms with E-state index < -0.39 is 17.7 Å². The van der Waals surface area contributed by atoms with E-state index in [1.165, 1.54) is 0 Å². The third-order valence-corrected chi connectivity index (χ3v) is 5.83. The first-order chi connectivity index (χ1) is 17.9. The fourth-order valence-corrected chi connectivity index (χ4v) is 4.05. The number of pyridine rings is 1. The molecule has 0 aliphatic rings. The quantitative estimate of drug-likeness (QED) is 0.131. The van der Waals surface area contributed by atoms with Crippen LogP contribution in [-0.4, -0.2) is 54.3 Å². The predicted octanol–water partition coefficient (Wildman–Crippen LogP) is 3.79. The van der Waals surface area contributed by atoms with Crippen molar-refractivity contribution < 1.29 is 19.1 Å². The van der Waals surface area contributed by atoms with Gasteiger partial charge in [-0.1, -0.05) is 17.7 Å². The second kappa shape index (κ2) is 12.6. The van der Waals surface area contributed by atoms with Crippen molar-refractivity contribution in [2.75, 3.05) is 19.7 Å². The Kier molecular flexibility index (Phi) is 9.57. The number of halogens is 1. The zero-order valence-corrected chi connectivity index (χ0v) is 22.9. The van der Waals surface area contributed by atoms with Crippen molar-refractivity contribution in [1.82, 2.24) is 15.6 Å². The van der Waals surface area contributed by atoms with Crippen LogP contribution in [0.25, 0.3) is 21.8 Å². The Hall–Kier alpha value is -3.79. The van der Waals surface area contributed by atoms with Crippen LogP contribution in [0.5, 0.6) is 5.75 Å². The number of hydrogen-bond acceptors (Lipinski definition) is 6. The maximum absolute atomic E-state index is 12.8. The van der Waals surface area contributed by atoms with Crippen LogP contribution in [0.1, 0.15) is 39.2 Å². The van der Waals surface area contributed by atoms with Crippen LogP contribution >= 0.6 is 11.6 Å². The van der Waals surface area contributed by atoms with Gasteiger partial charge in [-0.15, -0.1) is 0 Å². The normalized spacial score (nSPS) is 12.1. The van der Waals surface area contributed by atoms with Crippen LogP contribution in [0.2, 0.25) is 5.02 Å². The highest BCUT2D eigenvalue weighted by atomic mass is 35.5.